The summed E-state index contributed by atoms with van der Waals surface area (Å²) >= 11 is 0. The summed E-state index contributed by atoms with van der Waals surface area (Å²) in [7, 11) is 0. The van der Waals surface area contributed by atoms with E-state index in [-0.39, 0.29) is 0 Å². The number of aliphatic hydroxyl groups is 1. The molecule has 2 unspecified atom stereocenters. The van der Waals surface area contributed by atoms with Crippen LogP contribution in [0, 0.1) is 5.92 Å². The topological polar surface area (TPSA) is 41.5 Å². The van der Waals surface area contributed by atoms with Crippen molar-refractivity contribution in [1.29, 1.82) is 0 Å². The van der Waals surface area contributed by atoms with E-state index in [1.807, 2.05) is 30.3 Å². The Balaban J connectivity index is 2.06. The third kappa shape index (κ3) is 8.86. The molecule has 1 rings (SSSR count). The number of unbranched alkanes of at least 4 members (excludes halogenated alkanes) is 1. The molecule has 3 nitrogen and oxygen atoms in total. The van der Waals surface area contributed by atoms with Crippen LogP contribution in [0.25, 0.3) is 0 Å². The molecule has 21 heavy (non-hydrogen) atoms. The number of benzene rings is 1. The van der Waals surface area contributed by atoms with E-state index in [1.54, 1.807) is 0 Å². The second-order valence-electron chi connectivity index (χ2n) is 5.73. The summed E-state index contributed by atoms with van der Waals surface area (Å²) in [6.45, 7) is 7.01. The van der Waals surface area contributed by atoms with Crippen molar-refractivity contribution in [3.8, 4) is 0 Å². The van der Waals surface area contributed by atoms with Crippen molar-refractivity contribution < 1.29 is 9.84 Å². The quantitative estimate of drug-likeness (QED) is 0.621. The van der Waals surface area contributed by atoms with Crippen molar-refractivity contribution in [2.24, 2.45) is 5.92 Å². The van der Waals surface area contributed by atoms with E-state index in [9.17, 15) is 5.11 Å². The molecule has 0 amide bonds. The number of aliphatic hydroxyl groups excluding tert-OH is 1. The minimum Gasteiger partial charge on any atom is -0.389 e. The van der Waals surface area contributed by atoms with Crippen LogP contribution < -0.4 is 5.32 Å². The van der Waals surface area contributed by atoms with Gasteiger partial charge >= 0.3 is 0 Å². The Morgan fingerprint density at radius 3 is 2.57 bits per heavy atom. The lowest BCUT2D eigenvalue weighted by molar-refractivity contribution is 0.0284. The van der Waals surface area contributed by atoms with E-state index < -0.39 is 6.10 Å². The summed E-state index contributed by atoms with van der Waals surface area (Å²) in [5.74, 6) is 0.724. The van der Waals surface area contributed by atoms with Gasteiger partial charge < -0.3 is 15.2 Å². The first kappa shape index (κ1) is 18.1. The SMILES string of the molecule is CCCCC(CC)CNCC(O)COCc1ccccc1. The Bertz CT molecular complexity index is 342. The van der Waals surface area contributed by atoms with Crippen molar-refractivity contribution in [1.82, 2.24) is 5.32 Å². The van der Waals surface area contributed by atoms with Gasteiger partial charge in [-0.05, 0) is 24.4 Å². The van der Waals surface area contributed by atoms with Crippen LogP contribution in [0.15, 0.2) is 30.3 Å². The van der Waals surface area contributed by atoms with E-state index in [2.05, 4.69) is 19.2 Å². The van der Waals surface area contributed by atoms with Gasteiger partial charge in [0.1, 0.15) is 0 Å². The maximum absolute atomic E-state index is 9.90. The standard InChI is InChI=1S/C18H31NO2/c1-3-5-9-16(4-2)12-19-13-18(20)15-21-14-17-10-7-6-8-11-17/h6-8,10-11,16,18-20H,3-5,9,12-15H2,1-2H3. The van der Waals surface area contributed by atoms with Gasteiger partial charge in [-0.3, -0.25) is 0 Å². The molecular formula is C18H31NO2. The van der Waals surface area contributed by atoms with Gasteiger partial charge in [-0.25, -0.2) is 0 Å². The average molecular weight is 293 g/mol. The molecule has 0 aliphatic carbocycles. The molecule has 0 heterocycles. The fraction of sp³-hybridized carbons (Fsp3) is 0.667. The highest BCUT2D eigenvalue weighted by Crippen LogP contribution is 2.11. The molecule has 0 aromatic heterocycles. The first-order chi connectivity index (χ1) is 10.3. The van der Waals surface area contributed by atoms with Crippen LogP contribution in [0.1, 0.15) is 45.1 Å². The summed E-state index contributed by atoms with van der Waals surface area (Å²) in [5.41, 5.74) is 1.14. The van der Waals surface area contributed by atoms with E-state index in [4.69, 9.17) is 4.74 Å². The number of ether oxygens (including phenoxy) is 1. The number of hydrogen-bond acceptors (Lipinski definition) is 3. The highest BCUT2D eigenvalue weighted by molar-refractivity contribution is 5.13. The Kier molecular flexibility index (Phi) is 10.1. The summed E-state index contributed by atoms with van der Waals surface area (Å²) in [6.07, 6.45) is 4.60. The molecule has 0 aliphatic rings. The normalized spacial score (nSPS) is 14.0. The van der Waals surface area contributed by atoms with Crippen LogP contribution >= 0.6 is 0 Å². The first-order valence-electron chi connectivity index (χ1n) is 8.26. The zero-order valence-corrected chi connectivity index (χ0v) is 13.6. The van der Waals surface area contributed by atoms with Crippen LogP contribution in [0.3, 0.4) is 0 Å². The van der Waals surface area contributed by atoms with Gasteiger partial charge in [0.2, 0.25) is 0 Å². The zero-order valence-electron chi connectivity index (χ0n) is 13.6. The molecule has 0 bridgehead atoms. The van der Waals surface area contributed by atoms with E-state index in [0.717, 1.165) is 18.0 Å². The number of nitrogens with one attached hydrogen (secondary N) is 1. The molecule has 0 aliphatic heterocycles. The van der Waals surface area contributed by atoms with Crippen molar-refractivity contribution in [3.05, 3.63) is 35.9 Å². The molecule has 2 N–H and O–H groups in total. The lowest BCUT2D eigenvalue weighted by Gasteiger charge is -2.17. The summed E-state index contributed by atoms with van der Waals surface area (Å²) < 4.78 is 5.54. The van der Waals surface area contributed by atoms with Crippen LogP contribution in [0.4, 0.5) is 0 Å². The van der Waals surface area contributed by atoms with E-state index in [1.165, 1.54) is 25.7 Å². The lowest BCUT2D eigenvalue weighted by atomic mass is 9.99. The predicted molar refractivity (Wildman–Crippen MR) is 88.3 cm³/mol. The van der Waals surface area contributed by atoms with E-state index in [0.29, 0.717) is 19.8 Å². The van der Waals surface area contributed by atoms with Crippen molar-refractivity contribution in [3.63, 3.8) is 0 Å². The minimum atomic E-state index is -0.433. The molecule has 1 aromatic rings. The minimum absolute atomic E-state index is 0.383. The maximum Gasteiger partial charge on any atom is 0.0897 e. The molecule has 3 heteroatoms. The molecule has 0 saturated carbocycles. The van der Waals surface area contributed by atoms with Gasteiger partial charge in [-0.1, -0.05) is 63.4 Å². The van der Waals surface area contributed by atoms with Gasteiger partial charge in [0.15, 0.2) is 0 Å². The van der Waals surface area contributed by atoms with Crippen LogP contribution in [-0.2, 0) is 11.3 Å². The smallest absolute Gasteiger partial charge is 0.0897 e. The molecule has 0 fully saturated rings. The second-order valence-corrected chi connectivity index (χ2v) is 5.73. The summed E-state index contributed by atoms with van der Waals surface area (Å²) in [4.78, 5) is 0. The van der Waals surface area contributed by atoms with Crippen LogP contribution in [0.5, 0.6) is 0 Å². The molecule has 2 atom stereocenters. The first-order valence-corrected chi connectivity index (χ1v) is 8.26. The van der Waals surface area contributed by atoms with Crippen molar-refractivity contribution in [2.45, 2.75) is 52.2 Å². The zero-order chi connectivity index (χ0) is 15.3. The Morgan fingerprint density at radius 1 is 1.14 bits per heavy atom. The Labute approximate surface area is 129 Å². The molecule has 0 saturated heterocycles. The molecule has 120 valence electrons. The molecule has 0 radical (unpaired) electrons. The van der Waals surface area contributed by atoms with Crippen LogP contribution in [-0.4, -0.2) is 30.9 Å². The summed E-state index contributed by atoms with van der Waals surface area (Å²) in [6, 6.07) is 10.1. The Morgan fingerprint density at radius 2 is 1.90 bits per heavy atom. The predicted octanol–water partition coefficient (Wildman–Crippen LogP) is 3.37. The third-order valence-corrected chi connectivity index (χ3v) is 3.78. The largest absolute Gasteiger partial charge is 0.389 e. The monoisotopic (exact) mass is 293 g/mol. The summed E-state index contributed by atoms with van der Waals surface area (Å²) in [5, 5.41) is 13.3. The Hall–Kier alpha value is -0.900. The fourth-order valence-corrected chi connectivity index (χ4v) is 2.34. The fourth-order valence-electron chi connectivity index (χ4n) is 2.34. The van der Waals surface area contributed by atoms with Crippen LogP contribution in [0.2, 0.25) is 0 Å². The van der Waals surface area contributed by atoms with Gasteiger partial charge in [0.05, 0.1) is 19.3 Å². The molecule has 0 spiro atoms. The van der Waals surface area contributed by atoms with Crippen molar-refractivity contribution in [2.75, 3.05) is 19.7 Å². The molecule has 1 aromatic carbocycles. The lowest BCUT2D eigenvalue weighted by Crippen LogP contribution is -2.33. The number of hydrogen-bond donors (Lipinski definition) is 2. The van der Waals surface area contributed by atoms with E-state index >= 15 is 0 Å². The molecular weight excluding hydrogens is 262 g/mol. The third-order valence-electron chi connectivity index (χ3n) is 3.78. The van der Waals surface area contributed by atoms with Gasteiger partial charge in [0, 0.05) is 6.54 Å². The second kappa shape index (κ2) is 11.7. The van der Waals surface area contributed by atoms with Gasteiger partial charge in [-0.2, -0.15) is 0 Å². The highest BCUT2D eigenvalue weighted by atomic mass is 16.5. The highest BCUT2D eigenvalue weighted by Gasteiger charge is 2.08. The van der Waals surface area contributed by atoms with Gasteiger partial charge in [-0.15, -0.1) is 0 Å². The number of rotatable bonds is 12. The van der Waals surface area contributed by atoms with Gasteiger partial charge in [0.25, 0.3) is 0 Å². The van der Waals surface area contributed by atoms with Crippen molar-refractivity contribution >= 4 is 0 Å². The average Bonchev–Trinajstić information content (AvgIpc) is 2.51. The maximum atomic E-state index is 9.90.